The minimum Gasteiger partial charge on any atom is -0.487 e. The van der Waals surface area contributed by atoms with Crippen LogP contribution in [0.2, 0.25) is 5.02 Å². The molecule has 43 heavy (non-hydrogen) atoms. The van der Waals surface area contributed by atoms with Gasteiger partial charge in [0.1, 0.15) is 18.1 Å². The van der Waals surface area contributed by atoms with Gasteiger partial charge in [0.05, 0.1) is 29.7 Å². The molecule has 1 saturated heterocycles. The highest BCUT2D eigenvalue weighted by Gasteiger charge is 2.54. The lowest BCUT2D eigenvalue weighted by atomic mass is 9.66. The number of nitrogens with zero attached hydrogens (tertiary/aromatic N) is 5. The number of fused-ring (bicyclic) bond motifs is 1. The lowest BCUT2D eigenvalue weighted by Gasteiger charge is -2.45. The van der Waals surface area contributed by atoms with Crippen molar-refractivity contribution >= 4 is 29.4 Å². The molecule has 4 aliphatic rings. The van der Waals surface area contributed by atoms with Crippen LogP contribution in [-0.4, -0.2) is 74.4 Å². The standard InChI is InChI=1S/C31H40ClN5O6/c1-30(29(40)41)10-5-4-6-20(30)28(39)37-13-9-19-21(32)7-8-25(43-16-22-24(17-42-3)35(2)34-33-22)27(19)23(37)15-36-18-31(11-12-31)14-26(36)38/h7-8,20,23H,4-6,9-18H2,1-3H3,(H,40,41)/t20-,23+,30-/m0/s1. The topological polar surface area (TPSA) is 127 Å². The van der Waals surface area contributed by atoms with Crippen LogP contribution < -0.4 is 4.74 Å². The lowest BCUT2D eigenvalue weighted by molar-refractivity contribution is -0.162. The van der Waals surface area contributed by atoms with E-state index in [0.29, 0.717) is 68.4 Å². The number of aryl methyl sites for hydroxylation is 1. The highest BCUT2D eigenvalue weighted by molar-refractivity contribution is 6.31. The van der Waals surface area contributed by atoms with Crippen molar-refractivity contribution in [3.63, 3.8) is 0 Å². The Labute approximate surface area is 256 Å². The third-order valence-corrected chi connectivity index (χ3v) is 10.6. The van der Waals surface area contributed by atoms with Crippen LogP contribution >= 0.6 is 11.6 Å². The molecule has 2 amide bonds. The Morgan fingerprint density at radius 1 is 1.19 bits per heavy atom. The maximum absolute atomic E-state index is 14.4. The molecule has 2 saturated carbocycles. The van der Waals surface area contributed by atoms with E-state index in [9.17, 15) is 19.5 Å². The first-order valence-electron chi connectivity index (χ1n) is 15.2. The second kappa shape index (κ2) is 11.4. The number of halogens is 1. The molecule has 0 unspecified atom stereocenters. The number of carbonyl (C=O) groups is 3. The van der Waals surface area contributed by atoms with E-state index in [4.69, 9.17) is 21.1 Å². The van der Waals surface area contributed by atoms with Crippen LogP contribution in [-0.2, 0) is 45.8 Å². The number of likely N-dealkylation sites (tertiary alicyclic amines) is 1. The summed E-state index contributed by atoms with van der Waals surface area (Å²) in [5.41, 5.74) is 2.02. The van der Waals surface area contributed by atoms with Gasteiger partial charge >= 0.3 is 5.97 Å². The molecule has 1 N–H and O–H groups in total. The minimum absolute atomic E-state index is 0.0616. The van der Waals surface area contributed by atoms with Gasteiger partial charge in [0, 0.05) is 50.8 Å². The molecular formula is C31H40ClN5O6. The Morgan fingerprint density at radius 2 is 1.98 bits per heavy atom. The number of carboxylic acid groups (broad SMARTS) is 1. The molecule has 3 atom stereocenters. The Morgan fingerprint density at radius 3 is 2.67 bits per heavy atom. The summed E-state index contributed by atoms with van der Waals surface area (Å²) in [4.78, 5) is 43.8. The molecule has 3 heterocycles. The molecule has 1 aromatic heterocycles. The van der Waals surface area contributed by atoms with Gasteiger partial charge in [-0.3, -0.25) is 14.4 Å². The van der Waals surface area contributed by atoms with E-state index in [2.05, 4.69) is 10.3 Å². The van der Waals surface area contributed by atoms with Crippen LogP contribution in [0, 0.1) is 16.7 Å². The van der Waals surface area contributed by atoms with E-state index in [1.165, 1.54) is 0 Å². The fourth-order valence-electron chi connectivity index (χ4n) is 7.40. The molecule has 1 spiro atoms. The monoisotopic (exact) mass is 613 g/mol. The predicted molar refractivity (Wildman–Crippen MR) is 156 cm³/mol. The molecule has 1 aromatic carbocycles. The van der Waals surface area contributed by atoms with Crippen LogP contribution in [0.25, 0.3) is 0 Å². The van der Waals surface area contributed by atoms with Crippen molar-refractivity contribution in [1.29, 1.82) is 0 Å². The second-order valence-electron chi connectivity index (χ2n) is 13.0. The summed E-state index contributed by atoms with van der Waals surface area (Å²) >= 11 is 6.77. The minimum atomic E-state index is -1.14. The van der Waals surface area contributed by atoms with E-state index in [-0.39, 0.29) is 23.8 Å². The smallest absolute Gasteiger partial charge is 0.310 e. The summed E-state index contributed by atoms with van der Waals surface area (Å²) in [7, 11) is 3.40. The fraction of sp³-hybridized carbons (Fsp3) is 0.645. The molecule has 2 aliphatic heterocycles. The summed E-state index contributed by atoms with van der Waals surface area (Å²) < 4.78 is 13.4. The van der Waals surface area contributed by atoms with Crippen LogP contribution in [0.4, 0.5) is 0 Å². The van der Waals surface area contributed by atoms with Crippen LogP contribution in [0.1, 0.15) is 80.4 Å². The van der Waals surface area contributed by atoms with Crippen molar-refractivity contribution in [2.45, 2.75) is 77.5 Å². The van der Waals surface area contributed by atoms with Gasteiger partial charge in [-0.05, 0) is 62.1 Å². The number of carboxylic acids is 1. The maximum Gasteiger partial charge on any atom is 0.310 e. The summed E-state index contributed by atoms with van der Waals surface area (Å²) in [6, 6.07) is 3.09. The maximum atomic E-state index is 14.4. The first-order valence-corrected chi connectivity index (χ1v) is 15.6. The van der Waals surface area contributed by atoms with Gasteiger partial charge in [0.2, 0.25) is 11.8 Å². The molecule has 11 nitrogen and oxygen atoms in total. The van der Waals surface area contributed by atoms with E-state index in [1.807, 2.05) is 15.9 Å². The third kappa shape index (κ3) is 5.39. The van der Waals surface area contributed by atoms with E-state index in [1.54, 1.807) is 31.8 Å². The summed E-state index contributed by atoms with van der Waals surface area (Å²) in [6.07, 6.45) is 5.70. The number of ether oxygens (including phenoxy) is 2. The van der Waals surface area contributed by atoms with Gasteiger partial charge in [-0.25, -0.2) is 4.68 Å². The van der Waals surface area contributed by atoms with E-state index < -0.39 is 23.3 Å². The largest absolute Gasteiger partial charge is 0.487 e. The Bertz CT molecular complexity index is 1440. The number of methoxy groups -OCH3 is 1. The molecule has 2 aliphatic carbocycles. The first kappa shape index (κ1) is 29.9. The van der Waals surface area contributed by atoms with Crippen molar-refractivity contribution < 1.29 is 29.0 Å². The highest BCUT2D eigenvalue weighted by atomic mass is 35.5. The van der Waals surface area contributed by atoms with Crippen molar-refractivity contribution in [1.82, 2.24) is 24.8 Å². The van der Waals surface area contributed by atoms with Gasteiger partial charge in [-0.2, -0.15) is 0 Å². The Kier molecular flexibility index (Phi) is 7.91. The summed E-state index contributed by atoms with van der Waals surface area (Å²) in [5.74, 6) is -1.10. The number of rotatable bonds is 9. The van der Waals surface area contributed by atoms with Crippen molar-refractivity contribution in [3.8, 4) is 5.75 Å². The van der Waals surface area contributed by atoms with E-state index in [0.717, 1.165) is 42.5 Å². The average molecular weight is 614 g/mol. The number of aliphatic carboxylic acids is 1. The normalized spacial score (nSPS) is 26.1. The van der Waals surface area contributed by atoms with Gasteiger partial charge in [-0.1, -0.05) is 29.7 Å². The van der Waals surface area contributed by atoms with Crippen molar-refractivity contribution in [2.24, 2.45) is 23.8 Å². The zero-order valence-corrected chi connectivity index (χ0v) is 25.9. The van der Waals surface area contributed by atoms with Crippen LogP contribution in [0.15, 0.2) is 12.1 Å². The van der Waals surface area contributed by atoms with Gasteiger partial charge < -0.3 is 24.4 Å². The number of benzene rings is 1. The first-order chi connectivity index (χ1) is 20.6. The zero-order chi connectivity index (χ0) is 30.5. The number of amides is 2. The average Bonchev–Trinajstić information content (AvgIpc) is 3.54. The van der Waals surface area contributed by atoms with Crippen molar-refractivity contribution in [3.05, 3.63) is 39.7 Å². The number of hydrogen-bond acceptors (Lipinski definition) is 7. The molecule has 0 radical (unpaired) electrons. The Balaban J connectivity index is 1.37. The zero-order valence-electron chi connectivity index (χ0n) is 25.1. The number of carbonyl (C=O) groups excluding carboxylic acids is 2. The molecular weight excluding hydrogens is 574 g/mol. The molecule has 12 heteroatoms. The molecule has 6 rings (SSSR count). The number of hydrogen-bond donors (Lipinski definition) is 1. The van der Waals surface area contributed by atoms with Gasteiger partial charge in [0.15, 0.2) is 0 Å². The van der Waals surface area contributed by atoms with E-state index >= 15 is 0 Å². The fourth-order valence-corrected chi connectivity index (χ4v) is 7.66. The van der Waals surface area contributed by atoms with Crippen LogP contribution in [0.3, 0.4) is 0 Å². The molecule has 0 bridgehead atoms. The van der Waals surface area contributed by atoms with Crippen LogP contribution in [0.5, 0.6) is 5.75 Å². The molecule has 232 valence electrons. The summed E-state index contributed by atoms with van der Waals surface area (Å²) in [6.45, 7) is 3.54. The number of aromatic nitrogens is 3. The van der Waals surface area contributed by atoms with Gasteiger partial charge in [-0.15, -0.1) is 5.10 Å². The molecule has 3 fully saturated rings. The lowest BCUT2D eigenvalue weighted by Crippen LogP contribution is -2.52. The Hall–Kier alpha value is -3.18. The third-order valence-electron chi connectivity index (χ3n) is 10.3. The second-order valence-corrected chi connectivity index (χ2v) is 13.4. The quantitative estimate of drug-likeness (QED) is 0.451. The predicted octanol–water partition coefficient (Wildman–Crippen LogP) is 3.91. The van der Waals surface area contributed by atoms with Gasteiger partial charge in [0.25, 0.3) is 0 Å². The SMILES string of the molecule is COCc1c(COc2ccc(Cl)c3c2[C@@H](CN2CC4(CC4)CC2=O)N(C(=O)[C@@H]2CCCC[C@]2(C)C(=O)O)CC3)nnn1C. The highest BCUT2D eigenvalue weighted by Crippen LogP contribution is 2.54. The summed E-state index contributed by atoms with van der Waals surface area (Å²) in [5, 5.41) is 19.2. The van der Waals surface area contributed by atoms with Crippen molar-refractivity contribution in [2.75, 3.05) is 26.7 Å². The molecule has 2 aromatic rings.